The fraction of sp³-hybridized carbons (Fsp3) is 0. The molecular weight excluding hydrogens is 277 g/mol. The number of sulfonamides is 1. The topological polar surface area (TPSA) is 115 Å². The Morgan fingerprint density at radius 2 is 2.11 bits per heavy atom. The molecule has 0 aliphatic rings. The van der Waals surface area contributed by atoms with E-state index in [1.807, 2.05) is 0 Å². The molecule has 19 heavy (non-hydrogen) atoms. The number of nitrogens with one attached hydrogen (secondary N) is 1. The molecule has 1 aromatic heterocycles. The SMILES string of the molecule is NS(=O)(=O)c1ccc(NC(=O)c2ccno2)c(F)c1. The summed E-state index contributed by atoms with van der Waals surface area (Å²) in [5, 5.41) is 10.4. The first-order valence-corrected chi connectivity index (χ1v) is 6.47. The molecule has 7 nitrogen and oxygen atoms in total. The highest BCUT2D eigenvalue weighted by Gasteiger charge is 2.15. The third-order valence-electron chi connectivity index (χ3n) is 2.18. The normalized spacial score (nSPS) is 11.3. The van der Waals surface area contributed by atoms with E-state index >= 15 is 0 Å². The maximum Gasteiger partial charge on any atom is 0.294 e. The predicted octanol–water partition coefficient (Wildman–Crippen LogP) is 0.713. The summed E-state index contributed by atoms with van der Waals surface area (Å²) in [6, 6.07) is 4.18. The van der Waals surface area contributed by atoms with Crippen molar-refractivity contribution in [2.75, 3.05) is 5.32 Å². The molecule has 0 saturated carbocycles. The van der Waals surface area contributed by atoms with Crippen LogP contribution in [-0.4, -0.2) is 19.5 Å². The number of primary sulfonamides is 1. The minimum atomic E-state index is -3.99. The third kappa shape index (κ3) is 2.95. The second kappa shape index (κ2) is 4.78. The van der Waals surface area contributed by atoms with E-state index in [0.717, 1.165) is 12.1 Å². The van der Waals surface area contributed by atoms with Crippen molar-refractivity contribution in [3.05, 3.63) is 42.0 Å². The van der Waals surface area contributed by atoms with Crippen molar-refractivity contribution in [1.29, 1.82) is 0 Å². The van der Waals surface area contributed by atoms with E-state index in [0.29, 0.717) is 6.07 Å². The van der Waals surface area contributed by atoms with Crippen LogP contribution < -0.4 is 10.5 Å². The number of rotatable bonds is 3. The van der Waals surface area contributed by atoms with E-state index < -0.39 is 21.7 Å². The van der Waals surface area contributed by atoms with Crippen LogP contribution >= 0.6 is 0 Å². The summed E-state index contributed by atoms with van der Waals surface area (Å²) >= 11 is 0. The van der Waals surface area contributed by atoms with Crippen LogP contribution in [0.3, 0.4) is 0 Å². The fourth-order valence-corrected chi connectivity index (χ4v) is 1.82. The number of benzene rings is 1. The molecule has 0 atom stereocenters. The van der Waals surface area contributed by atoms with Crippen molar-refractivity contribution < 1.29 is 22.1 Å². The van der Waals surface area contributed by atoms with Crippen LogP contribution in [0.4, 0.5) is 10.1 Å². The van der Waals surface area contributed by atoms with Gasteiger partial charge in [-0.05, 0) is 18.2 Å². The maximum absolute atomic E-state index is 13.6. The average Bonchev–Trinajstić information content (AvgIpc) is 2.84. The summed E-state index contributed by atoms with van der Waals surface area (Å²) < 4.78 is 40.2. The summed E-state index contributed by atoms with van der Waals surface area (Å²) in [6.45, 7) is 0. The first-order chi connectivity index (χ1) is 8.88. The number of carbonyl (C=O) groups is 1. The van der Waals surface area contributed by atoms with Crippen LogP contribution in [0.1, 0.15) is 10.6 Å². The molecule has 2 aromatic rings. The van der Waals surface area contributed by atoms with Gasteiger partial charge in [-0.2, -0.15) is 0 Å². The Bertz CT molecular complexity index is 712. The zero-order valence-electron chi connectivity index (χ0n) is 9.33. The van der Waals surface area contributed by atoms with Gasteiger partial charge in [0.05, 0.1) is 16.8 Å². The molecule has 1 heterocycles. The van der Waals surface area contributed by atoms with Crippen molar-refractivity contribution in [1.82, 2.24) is 5.16 Å². The van der Waals surface area contributed by atoms with Crippen molar-refractivity contribution in [3.63, 3.8) is 0 Å². The van der Waals surface area contributed by atoms with Crippen LogP contribution in [0.25, 0.3) is 0 Å². The van der Waals surface area contributed by atoms with Crippen molar-refractivity contribution >= 4 is 21.6 Å². The van der Waals surface area contributed by atoms with E-state index in [1.54, 1.807) is 0 Å². The lowest BCUT2D eigenvalue weighted by molar-refractivity contribution is 0.0987. The number of anilines is 1. The zero-order valence-corrected chi connectivity index (χ0v) is 10.1. The largest absolute Gasteiger partial charge is 0.351 e. The summed E-state index contributed by atoms with van der Waals surface area (Å²) in [7, 11) is -3.99. The van der Waals surface area contributed by atoms with E-state index in [1.165, 1.54) is 12.3 Å². The molecule has 0 fully saturated rings. The second-order valence-electron chi connectivity index (χ2n) is 3.52. The molecule has 1 aromatic carbocycles. The minimum Gasteiger partial charge on any atom is -0.351 e. The van der Waals surface area contributed by atoms with Gasteiger partial charge in [0.2, 0.25) is 15.8 Å². The third-order valence-corrected chi connectivity index (χ3v) is 3.09. The highest BCUT2D eigenvalue weighted by atomic mass is 32.2. The Labute approximate surface area is 107 Å². The smallest absolute Gasteiger partial charge is 0.294 e. The van der Waals surface area contributed by atoms with Crippen LogP contribution in [0.15, 0.2) is 39.9 Å². The Hall–Kier alpha value is -2.26. The van der Waals surface area contributed by atoms with Crippen molar-refractivity contribution in [3.8, 4) is 0 Å². The van der Waals surface area contributed by atoms with Crippen LogP contribution in [0.2, 0.25) is 0 Å². The predicted molar refractivity (Wildman–Crippen MR) is 62.2 cm³/mol. The standard InChI is InChI=1S/C10H8FN3O4S/c11-7-5-6(19(12,16)17)1-2-8(7)14-10(15)9-3-4-13-18-9/h1-5H,(H,14,15)(H2,12,16,17). The van der Waals surface area contributed by atoms with E-state index in [2.05, 4.69) is 15.0 Å². The van der Waals surface area contributed by atoms with Gasteiger partial charge >= 0.3 is 0 Å². The number of nitrogens with zero attached hydrogens (tertiary/aromatic N) is 1. The number of halogens is 1. The summed E-state index contributed by atoms with van der Waals surface area (Å²) in [5.41, 5.74) is -0.200. The summed E-state index contributed by atoms with van der Waals surface area (Å²) in [5.74, 6) is -1.74. The minimum absolute atomic E-state index is 0.102. The Balaban J connectivity index is 2.25. The number of nitrogens with two attached hydrogens (primary N) is 1. The summed E-state index contributed by atoms with van der Waals surface area (Å²) in [4.78, 5) is 11.2. The Kier molecular flexibility index (Phi) is 3.32. The van der Waals surface area contributed by atoms with Crippen LogP contribution in [0.5, 0.6) is 0 Å². The van der Waals surface area contributed by atoms with Crippen molar-refractivity contribution in [2.24, 2.45) is 5.14 Å². The van der Waals surface area contributed by atoms with Gasteiger partial charge < -0.3 is 9.84 Å². The first-order valence-electron chi connectivity index (χ1n) is 4.92. The van der Waals surface area contributed by atoms with E-state index in [4.69, 9.17) is 5.14 Å². The molecule has 0 aliphatic carbocycles. The second-order valence-corrected chi connectivity index (χ2v) is 5.08. The van der Waals surface area contributed by atoms with Gasteiger partial charge in [0.15, 0.2) is 0 Å². The molecule has 2 rings (SSSR count). The van der Waals surface area contributed by atoms with Crippen LogP contribution in [-0.2, 0) is 10.0 Å². The van der Waals surface area contributed by atoms with Gasteiger partial charge in [-0.1, -0.05) is 5.16 Å². The zero-order chi connectivity index (χ0) is 14.0. The van der Waals surface area contributed by atoms with Gasteiger partial charge in [-0.15, -0.1) is 0 Å². The van der Waals surface area contributed by atoms with Gasteiger partial charge in [0, 0.05) is 6.07 Å². The fourth-order valence-electron chi connectivity index (χ4n) is 1.29. The number of aromatic nitrogens is 1. The first kappa shape index (κ1) is 13.2. The average molecular weight is 285 g/mol. The molecule has 0 spiro atoms. The van der Waals surface area contributed by atoms with Crippen molar-refractivity contribution in [2.45, 2.75) is 4.90 Å². The van der Waals surface area contributed by atoms with Crippen LogP contribution in [0, 0.1) is 5.82 Å². The lowest BCUT2D eigenvalue weighted by Crippen LogP contribution is -2.15. The molecule has 100 valence electrons. The number of amides is 1. The molecule has 0 bridgehead atoms. The molecule has 0 unspecified atom stereocenters. The Morgan fingerprint density at radius 1 is 1.37 bits per heavy atom. The quantitative estimate of drug-likeness (QED) is 0.861. The van der Waals surface area contributed by atoms with Gasteiger partial charge in [0.25, 0.3) is 5.91 Å². The molecule has 0 radical (unpaired) electrons. The number of hydrogen-bond acceptors (Lipinski definition) is 5. The lowest BCUT2D eigenvalue weighted by Gasteiger charge is -2.05. The monoisotopic (exact) mass is 285 g/mol. The van der Waals surface area contributed by atoms with E-state index in [9.17, 15) is 17.6 Å². The lowest BCUT2D eigenvalue weighted by atomic mass is 10.3. The molecule has 3 N–H and O–H groups in total. The van der Waals surface area contributed by atoms with Gasteiger partial charge in [-0.25, -0.2) is 17.9 Å². The highest BCUT2D eigenvalue weighted by molar-refractivity contribution is 7.89. The van der Waals surface area contributed by atoms with Gasteiger partial charge in [-0.3, -0.25) is 4.79 Å². The number of carbonyl (C=O) groups excluding carboxylic acids is 1. The number of hydrogen-bond donors (Lipinski definition) is 2. The molecule has 1 amide bonds. The molecule has 0 saturated heterocycles. The Morgan fingerprint density at radius 3 is 2.63 bits per heavy atom. The summed E-state index contributed by atoms with van der Waals surface area (Å²) in [6.07, 6.45) is 1.26. The molecule has 0 aliphatic heterocycles. The molecular formula is C10H8FN3O4S. The van der Waals surface area contributed by atoms with Gasteiger partial charge in [0.1, 0.15) is 5.82 Å². The van der Waals surface area contributed by atoms with E-state index in [-0.39, 0.29) is 16.3 Å². The molecule has 9 heteroatoms. The highest BCUT2D eigenvalue weighted by Crippen LogP contribution is 2.18. The maximum atomic E-state index is 13.6.